The average Bonchev–Trinajstić information content (AvgIpc) is 2.53. The first-order valence-corrected chi connectivity index (χ1v) is 8.48. The largest absolute Gasteiger partial charge is 0.344 e. The van der Waals surface area contributed by atoms with Gasteiger partial charge in [0.05, 0.1) is 0 Å². The van der Waals surface area contributed by atoms with Gasteiger partial charge in [0.25, 0.3) is 0 Å². The van der Waals surface area contributed by atoms with Gasteiger partial charge in [-0.05, 0) is 43.4 Å². The number of carbonyl (C=O) groups excluding carboxylic acids is 2. The third-order valence-electron chi connectivity index (χ3n) is 5.21. The Morgan fingerprint density at radius 1 is 1.19 bits per heavy atom. The highest BCUT2D eigenvalue weighted by Crippen LogP contribution is 2.33. The molecule has 0 aromatic carbocycles. The van der Waals surface area contributed by atoms with Crippen molar-refractivity contribution in [3.63, 3.8) is 0 Å². The van der Waals surface area contributed by atoms with Gasteiger partial charge in [0.15, 0.2) is 0 Å². The summed E-state index contributed by atoms with van der Waals surface area (Å²) in [6.45, 7) is 9.37. The zero-order valence-corrected chi connectivity index (χ0v) is 13.9. The maximum Gasteiger partial charge on any atom is 0.245 e. The molecule has 1 heterocycles. The zero-order valence-electron chi connectivity index (χ0n) is 13.9. The standard InChI is InChI=1S/C17H30N2O2/c1-11(2)9-15-17(21)19(8-7-16(20)18-15)14-6-5-12(3)13(4)10-14/h11-15H,5-10H2,1-4H3,(H,18,20). The summed E-state index contributed by atoms with van der Waals surface area (Å²) < 4.78 is 0. The van der Waals surface area contributed by atoms with Crippen molar-refractivity contribution in [1.82, 2.24) is 10.2 Å². The Morgan fingerprint density at radius 2 is 1.90 bits per heavy atom. The van der Waals surface area contributed by atoms with Crippen molar-refractivity contribution < 1.29 is 9.59 Å². The van der Waals surface area contributed by atoms with Gasteiger partial charge in [-0.1, -0.05) is 27.7 Å². The SMILES string of the molecule is CC(C)CC1NC(=O)CCN(C2CCC(C)C(C)C2)C1=O. The molecular weight excluding hydrogens is 264 g/mol. The molecule has 4 nitrogen and oxygen atoms in total. The molecule has 1 saturated heterocycles. The third-order valence-corrected chi connectivity index (χ3v) is 5.21. The lowest BCUT2D eigenvalue weighted by Crippen LogP contribution is -2.50. The molecule has 0 radical (unpaired) electrons. The van der Waals surface area contributed by atoms with E-state index in [9.17, 15) is 9.59 Å². The second kappa shape index (κ2) is 6.80. The van der Waals surface area contributed by atoms with Crippen molar-refractivity contribution in [2.75, 3.05) is 6.54 Å². The van der Waals surface area contributed by atoms with Crippen LogP contribution in [0.3, 0.4) is 0 Å². The predicted octanol–water partition coefficient (Wildman–Crippen LogP) is 2.57. The molecule has 1 N–H and O–H groups in total. The molecule has 2 fully saturated rings. The number of hydrogen-bond acceptors (Lipinski definition) is 2. The molecule has 4 atom stereocenters. The van der Waals surface area contributed by atoms with Gasteiger partial charge < -0.3 is 10.2 Å². The van der Waals surface area contributed by atoms with Crippen LogP contribution in [0.1, 0.15) is 59.8 Å². The van der Waals surface area contributed by atoms with E-state index in [1.165, 1.54) is 6.42 Å². The molecule has 2 aliphatic rings. The Bertz CT molecular complexity index is 394. The van der Waals surface area contributed by atoms with Crippen LogP contribution in [-0.2, 0) is 9.59 Å². The van der Waals surface area contributed by atoms with Gasteiger partial charge in [-0.2, -0.15) is 0 Å². The molecule has 2 rings (SSSR count). The fraction of sp³-hybridized carbons (Fsp3) is 0.882. The first kappa shape index (κ1) is 16.3. The molecule has 4 unspecified atom stereocenters. The van der Waals surface area contributed by atoms with Gasteiger partial charge in [-0.15, -0.1) is 0 Å². The molecule has 21 heavy (non-hydrogen) atoms. The molecule has 0 aromatic heterocycles. The Balaban J connectivity index is 2.10. The molecule has 0 aromatic rings. The molecule has 1 aliphatic heterocycles. The Kier molecular flexibility index (Phi) is 5.28. The van der Waals surface area contributed by atoms with Crippen LogP contribution in [0.15, 0.2) is 0 Å². The lowest BCUT2D eigenvalue weighted by molar-refractivity contribution is -0.137. The van der Waals surface area contributed by atoms with E-state index in [2.05, 4.69) is 33.0 Å². The monoisotopic (exact) mass is 294 g/mol. The van der Waals surface area contributed by atoms with Gasteiger partial charge in [0.1, 0.15) is 6.04 Å². The van der Waals surface area contributed by atoms with E-state index in [1.807, 2.05) is 4.90 Å². The van der Waals surface area contributed by atoms with E-state index in [1.54, 1.807) is 0 Å². The summed E-state index contributed by atoms with van der Waals surface area (Å²) in [5, 5.41) is 2.92. The molecule has 0 spiro atoms. The van der Waals surface area contributed by atoms with Crippen molar-refractivity contribution >= 4 is 11.8 Å². The average molecular weight is 294 g/mol. The summed E-state index contributed by atoms with van der Waals surface area (Å²) in [6, 6.07) is 0.000665. The highest BCUT2D eigenvalue weighted by atomic mass is 16.2. The third kappa shape index (κ3) is 3.98. The Morgan fingerprint density at radius 3 is 2.52 bits per heavy atom. The highest BCUT2D eigenvalue weighted by Gasteiger charge is 2.36. The minimum atomic E-state index is -0.324. The van der Waals surface area contributed by atoms with Gasteiger partial charge in [-0.3, -0.25) is 9.59 Å². The van der Waals surface area contributed by atoms with Gasteiger partial charge >= 0.3 is 0 Å². The van der Waals surface area contributed by atoms with Crippen LogP contribution in [0, 0.1) is 17.8 Å². The lowest BCUT2D eigenvalue weighted by Gasteiger charge is -2.39. The second-order valence-electron chi connectivity index (χ2n) is 7.45. The van der Waals surface area contributed by atoms with E-state index in [4.69, 9.17) is 0 Å². The number of nitrogens with one attached hydrogen (secondary N) is 1. The fourth-order valence-corrected chi connectivity index (χ4v) is 3.66. The Labute approximate surface area is 128 Å². The molecule has 1 saturated carbocycles. The number of nitrogens with zero attached hydrogens (tertiary/aromatic N) is 1. The number of carbonyl (C=O) groups is 2. The van der Waals surface area contributed by atoms with Crippen LogP contribution >= 0.6 is 0 Å². The van der Waals surface area contributed by atoms with E-state index in [0.29, 0.717) is 30.8 Å². The Hall–Kier alpha value is -1.06. The van der Waals surface area contributed by atoms with E-state index < -0.39 is 0 Å². The maximum atomic E-state index is 12.8. The first-order valence-electron chi connectivity index (χ1n) is 8.48. The quantitative estimate of drug-likeness (QED) is 0.869. The molecular formula is C17H30N2O2. The fourth-order valence-electron chi connectivity index (χ4n) is 3.66. The minimum absolute atomic E-state index is 0.0220. The summed E-state index contributed by atoms with van der Waals surface area (Å²) in [5.74, 6) is 1.97. The minimum Gasteiger partial charge on any atom is -0.344 e. The van der Waals surface area contributed by atoms with Crippen molar-refractivity contribution in [2.45, 2.75) is 71.9 Å². The van der Waals surface area contributed by atoms with Crippen LogP contribution in [0.25, 0.3) is 0 Å². The van der Waals surface area contributed by atoms with Crippen LogP contribution in [-0.4, -0.2) is 35.3 Å². The van der Waals surface area contributed by atoms with E-state index >= 15 is 0 Å². The number of amides is 2. The van der Waals surface area contributed by atoms with Crippen molar-refractivity contribution in [3.05, 3.63) is 0 Å². The predicted molar refractivity (Wildman–Crippen MR) is 83.7 cm³/mol. The first-order chi connectivity index (χ1) is 9.88. The molecule has 120 valence electrons. The molecule has 0 bridgehead atoms. The summed E-state index contributed by atoms with van der Waals surface area (Å²) in [7, 11) is 0. The molecule has 2 amide bonds. The normalized spacial score (nSPS) is 34.8. The summed E-state index contributed by atoms with van der Waals surface area (Å²) in [6.07, 6.45) is 4.53. The lowest BCUT2D eigenvalue weighted by atomic mass is 9.78. The summed E-state index contributed by atoms with van der Waals surface area (Å²) in [4.78, 5) is 26.7. The smallest absolute Gasteiger partial charge is 0.245 e. The van der Waals surface area contributed by atoms with Gasteiger partial charge in [0.2, 0.25) is 11.8 Å². The summed E-state index contributed by atoms with van der Waals surface area (Å²) in [5.41, 5.74) is 0. The van der Waals surface area contributed by atoms with Gasteiger partial charge in [0, 0.05) is 19.0 Å². The highest BCUT2D eigenvalue weighted by molar-refractivity contribution is 5.90. The molecule has 4 heteroatoms. The van der Waals surface area contributed by atoms with E-state index in [-0.39, 0.29) is 17.9 Å². The van der Waals surface area contributed by atoms with Gasteiger partial charge in [-0.25, -0.2) is 0 Å². The van der Waals surface area contributed by atoms with Crippen molar-refractivity contribution in [1.29, 1.82) is 0 Å². The topological polar surface area (TPSA) is 49.4 Å². The van der Waals surface area contributed by atoms with E-state index in [0.717, 1.165) is 25.2 Å². The number of rotatable bonds is 3. The summed E-state index contributed by atoms with van der Waals surface area (Å²) >= 11 is 0. The van der Waals surface area contributed by atoms with Crippen LogP contribution in [0.2, 0.25) is 0 Å². The van der Waals surface area contributed by atoms with Crippen molar-refractivity contribution in [3.8, 4) is 0 Å². The molecule has 1 aliphatic carbocycles. The maximum absolute atomic E-state index is 12.8. The van der Waals surface area contributed by atoms with Crippen LogP contribution in [0.4, 0.5) is 0 Å². The van der Waals surface area contributed by atoms with Crippen molar-refractivity contribution in [2.24, 2.45) is 17.8 Å². The second-order valence-corrected chi connectivity index (χ2v) is 7.45. The van der Waals surface area contributed by atoms with Crippen LogP contribution < -0.4 is 5.32 Å². The zero-order chi connectivity index (χ0) is 15.6. The number of hydrogen-bond donors (Lipinski definition) is 1. The van der Waals surface area contributed by atoms with Crippen LogP contribution in [0.5, 0.6) is 0 Å².